The third-order valence-corrected chi connectivity index (χ3v) is 7.37. The summed E-state index contributed by atoms with van der Waals surface area (Å²) < 4.78 is -1.13. The van der Waals surface area contributed by atoms with E-state index in [1.165, 1.54) is 57.8 Å². The zero-order valence-electron chi connectivity index (χ0n) is 14.4. The quantitative estimate of drug-likeness (QED) is 0.160. The molecule has 0 aliphatic rings. The zero-order chi connectivity index (χ0) is 16.8. The van der Waals surface area contributed by atoms with Gasteiger partial charge in [-0.15, -0.1) is 0 Å². The van der Waals surface area contributed by atoms with E-state index in [-0.39, 0.29) is 0 Å². The summed E-state index contributed by atoms with van der Waals surface area (Å²) in [6.07, 6.45) is 12.4. The van der Waals surface area contributed by atoms with Crippen molar-refractivity contribution >= 4 is 56.4 Å². The molecule has 0 amide bonds. The van der Waals surface area contributed by atoms with E-state index < -0.39 is 3.79 Å². The number of halogens is 3. The first-order valence-corrected chi connectivity index (χ1v) is 12.3. The summed E-state index contributed by atoms with van der Waals surface area (Å²) in [5.41, 5.74) is 0. The monoisotopic (exact) mass is 406 g/mol. The van der Waals surface area contributed by atoms with Gasteiger partial charge in [0.2, 0.25) is 0 Å². The molecule has 0 aromatic heterocycles. The minimum absolute atomic E-state index is 0.455. The first-order chi connectivity index (χ1) is 10.4. The highest BCUT2D eigenvalue weighted by atomic mass is 35.6. The predicted molar refractivity (Wildman–Crippen MR) is 111 cm³/mol. The van der Waals surface area contributed by atoms with Gasteiger partial charge in [0.25, 0.3) is 0 Å². The highest BCUT2D eigenvalue weighted by Crippen LogP contribution is 2.44. The first kappa shape index (κ1) is 23.6. The summed E-state index contributed by atoms with van der Waals surface area (Å²) in [5.74, 6) is 1.79. The Hall–Kier alpha value is 1.57. The SMILES string of the molecule is CCCCCCC(CCCCC)C(CC(Cl)(Cl)Cl)SSCC. The minimum Gasteiger partial charge on any atom is -0.0942 e. The minimum atomic E-state index is -1.13. The Morgan fingerprint density at radius 2 is 1.36 bits per heavy atom. The Balaban J connectivity index is 4.59. The van der Waals surface area contributed by atoms with E-state index in [9.17, 15) is 0 Å². The molecule has 0 aliphatic carbocycles. The Bertz CT molecular complexity index is 245. The van der Waals surface area contributed by atoms with Gasteiger partial charge in [-0.3, -0.25) is 0 Å². The van der Waals surface area contributed by atoms with Crippen molar-refractivity contribution in [2.45, 2.75) is 94.0 Å². The van der Waals surface area contributed by atoms with Crippen molar-refractivity contribution in [1.82, 2.24) is 0 Å². The highest BCUT2D eigenvalue weighted by Gasteiger charge is 2.31. The summed E-state index contributed by atoms with van der Waals surface area (Å²) in [7, 11) is 3.85. The van der Waals surface area contributed by atoms with Crippen molar-refractivity contribution in [3.8, 4) is 0 Å². The van der Waals surface area contributed by atoms with Gasteiger partial charge >= 0.3 is 0 Å². The Labute approximate surface area is 161 Å². The van der Waals surface area contributed by atoms with Crippen molar-refractivity contribution in [3.05, 3.63) is 0 Å². The van der Waals surface area contributed by atoms with Gasteiger partial charge in [0, 0.05) is 17.4 Å². The maximum Gasteiger partial charge on any atom is 0.191 e. The van der Waals surface area contributed by atoms with Crippen molar-refractivity contribution in [3.63, 3.8) is 0 Å². The standard InChI is InChI=1S/C17H33Cl3S2/c1-4-7-9-11-13-15(12-10-8-5-2)16(22-21-6-3)14-17(18,19)20/h15-16H,4-14H2,1-3H3. The van der Waals surface area contributed by atoms with Crippen molar-refractivity contribution in [1.29, 1.82) is 0 Å². The molecule has 0 aliphatic heterocycles. The molecular formula is C17H33Cl3S2. The molecule has 0 fully saturated rings. The Morgan fingerprint density at radius 1 is 0.818 bits per heavy atom. The van der Waals surface area contributed by atoms with Gasteiger partial charge in [0.1, 0.15) is 0 Å². The van der Waals surface area contributed by atoms with Gasteiger partial charge in [0.15, 0.2) is 3.79 Å². The van der Waals surface area contributed by atoms with E-state index in [2.05, 4.69) is 20.8 Å². The molecule has 5 heteroatoms. The normalized spacial score (nSPS) is 15.0. The third kappa shape index (κ3) is 14.0. The zero-order valence-corrected chi connectivity index (χ0v) is 18.3. The molecule has 2 atom stereocenters. The summed E-state index contributed by atoms with van der Waals surface area (Å²) in [6, 6.07) is 0. The Morgan fingerprint density at radius 3 is 1.86 bits per heavy atom. The molecule has 0 radical (unpaired) electrons. The highest BCUT2D eigenvalue weighted by molar-refractivity contribution is 8.76. The van der Waals surface area contributed by atoms with Crippen molar-refractivity contribution in [2.24, 2.45) is 5.92 Å². The molecule has 0 rings (SSSR count). The third-order valence-electron chi connectivity index (χ3n) is 3.87. The lowest BCUT2D eigenvalue weighted by atomic mass is 9.90. The molecule has 22 heavy (non-hydrogen) atoms. The van der Waals surface area contributed by atoms with Crippen LogP contribution in [0.2, 0.25) is 0 Å². The molecule has 0 heterocycles. The molecular weight excluding hydrogens is 375 g/mol. The van der Waals surface area contributed by atoms with Crippen LogP contribution in [0.3, 0.4) is 0 Å². The van der Waals surface area contributed by atoms with Gasteiger partial charge in [-0.05, 0) is 18.8 Å². The van der Waals surface area contributed by atoms with E-state index in [1.54, 1.807) is 0 Å². The van der Waals surface area contributed by atoms with Crippen LogP contribution < -0.4 is 0 Å². The largest absolute Gasteiger partial charge is 0.191 e. The van der Waals surface area contributed by atoms with Crippen LogP contribution >= 0.6 is 56.4 Å². The van der Waals surface area contributed by atoms with Crippen molar-refractivity contribution < 1.29 is 0 Å². The Kier molecular flexibility index (Phi) is 15.9. The predicted octanol–water partition coefficient (Wildman–Crippen LogP) is 8.68. The van der Waals surface area contributed by atoms with Gasteiger partial charge in [0.05, 0.1) is 0 Å². The van der Waals surface area contributed by atoms with Crippen molar-refractivity contribution in [2.75, 3.05) is 5.75 Å². The number of rotatable bonds is 14. The van der Waals surface area contributed by atoms with Crippen LogP contribution in [-0.2, 0) is 0 Å². The van der Waals surface area contributed by atoms with Crippen LogP contribution in [0.5, 0.6) is 0 Å². The topological polar surface area (TPSA) is 0 Å². The first-order valence-electron chi connectivity index (χ1n) is 8.79. The molecule has 0 saturated carbocycles. The van der Waals surface area contributed by atoms with Crippen LogP contribution in [0, 0.1) is 5.92 Å². The van der Waals surface area contributed by atoms with E-state index in [1.807, 2.05) is 21.6 Å². The molecule has 0 spiro atoms. The maximum atomic E-state index is 6.10. The number of hydrogen-bond acceptors (Lipinski definition) is 2. The van der Waals surface area contributed by atoms with Crippen LogP contribution in [0.15, 0.2) is 0 Å². The average Bonchev–Trinajstić information content (AvgIpc) is 2.45. The molecule has 0 aromatic rings. The van der Waals surface area contributed by atoms with Crippen LogP contribution in [0.25, 0.3) is 0 Å². The van der Waals surface area contributed by atoms with E-state index >= 15 is 0 Å². The second kappa shape index (κ2) is 14.9. The molecule has 0 bridgehead atoms. The number of alkyl halides is 3. The van der Waals surface area contributed by atoms with E-state index in [0.29, 0.717) is 17.6 Å². The number of hydrogen-bond donors (Lipinski definition) is 0. The summed E-state index contributed by atoms with van der Waals surface area (Å²) >= 11 is 18.3. The van der Waals surface area contributed by atoms with Crippen LogP contribution in [0.4, 0.5) is 0 Å². The second-order valence-electron chi connectivity index (χ2n) is 5.97. The van der Waals surface area contributed by atoms with E-state index in [4.69, 9.17) is 34.8 Å². The molecule has 0 saturated heterocycles. The molecule has 0 nitrogen and oxygen atoms in total. The fourth-order valence-electron chi connectivity index (χ4n) is 2.67. The molecule has 0 N–H and O–H groups in total. The number of unbranched alkanes of at least 4 members (excludes halogenated alkanes) is 5. The van der Waals surface area contributed by atoms with Gasteiger partial charge < -0.3 is 0 Å². The lowest BCUT2D eigenvalue weighted by Crippen LogP contribution is -2.23. The fraction of sp³-hybridized carbons (Fsp3) is 1.00. The van der Waals surface area contributed by atoms with Crippen LogP contribution in [0.1, 0.15) is 85.0 Å². The van der Waals surface area contributed by atoms with Crippen LogP contribution in [-0.4, -0.2) is 14.8 Å². The summed E-state index contributed by atoms with van der Waals surface area (Å²) in [6.45, 7) is 6.71. The summed E-state index contributed by atoms with van der Waals surface area (Å²) in [4.78, 5) is 0. The summed E-state index contributed by atoms with van der Waals surface area (Å²) in [5, 5.41) is 0.455. The van der Waals surface area contributed by atoms with Gasteiger partial charge in [-0.25, -0.2) is 0 Å². The van der Waals surface area contributed by atoms with Gasteiger partial charge in [-0.1, -0.05) is 122 Å². The fourth-order valence-corrected chi connectivity index (χ4v) is 6.11. The maximum absolute atomic E-state index is 6.10. The molecule has 0 aromatic carbocycles. The lowest BCUT2D eigenvalue weighted by molar-refractivity contribution is 0.388. The van der Waals surface area contributed by atoms with Gasteiger partial charge in [-0.2, -0.15) is 0 Å². The smallest absolute Gasteiger partial charge is 0.0942 e. The average molecular weight is 408 g/mol. The second-order valence-corrected chi connectivity index (χ2v) is 11.4. The lowest BCUT2D eigenvalue weighted by Gasteiger charge is -2.29. The molecule has 134 valence electrons. The van der Waals surface area contributed by atoms with E-state index in [0.717, 1.165) is 5.75 Å². The molecule has 2 unspecified atom stereocenters.